The van der Waals surface area contributed by atoms with E-state index in [2.05, 4.69) is 10.1 Å². The minimum absolute atomic E-state index is 0.0532. The van der Waals surface area contributed by atoms with E-state index in [9.17, 15) is 4.79 Å². The van der Waals surface area contributed by atoms with Gasteiger partial charge in [0.1, 0.15) is 0 Å². The predicted octanol–water partition coefficient (Wildman–Crippen LogP) is 1.82. The number of hydrogen-bond donors (Lipinski definition) is 1. The molecule has 0 amide bonds. The molecule has 3 aromatic heterocycles. The summed E-state index contributed by atoms with van der Waals surface area (Å²) in [6, 6.07) is 5.92. The van der Waals surface area contributed by atoms with Crippen LogP contribution in [0.25, 0.3) is 16.2 Å². The van der Waals surface area contributed by atoms with Crippen molar-refractivity contribution in [3.63, 3.8) is 0 Å². The lowest BCUT2D eigenvalue weighted by Gasteiger charge is -2.14. The number of thiophene rings is 1. The van der Waals surface area contributed by atoms with Crippen molar-refractivity contribution in [2.45, 2.75) is 13.0 Å². The second-order valence-electron chi connectivity index (χ2n) is 4.49. The van der Waals surface area contributed by atoms with E-state index in [0.29, 0.717) is 30.8 Å². The van der Waals surface area contributed by atoms with Crippen LogP contribution in [0.4, 0.5) is 0 Å². The lowest BCUT2D eigenvalue weighted by molar-refractivity contribution is 0.108. The van der Waals surface area contributed by atoms with Crippen molar-refractivity contribution in [3.8, 4) is 10.6 Å². The quantitative estimate of drug-likeness (QED) is 0.735. The van der Waals surface area contributed by atoms with Gasteiger partial charge in [0.05, 0.1) is 35.0 Å². The third-order valence-electron chi connectivity index (χ3n) is 3.31. The fourth-order valence-corrected chi connectivity index (χ4v) is 3.05. The van der Waals surface area contributed by atoms with Crippen LogP contribution >= 0.6 is 11.3 Å². The summed E-state index contributed by atoms with van der Waals surface area (Å²) < 4.78 is 6.84. The highest BCUT2D eigenvalue weighted by molar-refractivity contribution is 7.13. The molecule has 19 heavy (non-hydrogen) atoms. The number of H-pyrrole nitrogens is 1. The highest BCUT2D eigenvalue weighted by Crippen LogP contribution is 2.24. The van der Waals surface area contributed by atoms with E-state index in [1.54, 1.807) is 11.3 Å². The van der Waals surface area contributed by atoms with Gasteiger partial charge in [-0.3, -0.25) is 9.89 Å². The molecule has 1 aliphatic rings. The van der Waals surface area contributed by atoms with E-state index in [1.165, 1.54) is 4.52 Å². The van der Waals surface area contributed by atoms with Crippen LogP contribution in [0.2, 0.25) is 0 Å². The summed E-state index contributed by atoms with van der Waals surface area (Å²) in [6.07, 6.45) is 0.709. The molecule has 0 bridgehead atoms. The van der Waals surface area contributed by atoms with Gasteiger partial charge in [-0.05, 0) is 11.4 Å². The first-order chi connectivity index (χ1) is 9.33. The fraction of sp³-hybridized carbons (Fsp3) is 0.231. The number of nitrogens with one attached hydrogen (secondary N) is 1. The van der Waals surface area contributed by atoms with E-state index < -0.39 is 0 Å². The van der Waals surface area contributed by atoms with Crippen molar-refractivity contribution in [2.24, 2.45) is 0 Å². The Bertz CT molecular complexity index is 801. The smallest absolute Gasteiger partial charge is 0.278 e. The Hall–Kier alpha value is -1.92. The molecule has 0 saturated carbocycles. The molecule has 4 rings (SSSR count). The number of fused-ring (bicyclic) bond motifs is 2. The second kappa shape index (κ2) is 4.04. The number of rotatable bonds is 1. The largest absolute Gasteiger partial charge is 0.376 e. The molecule has 96 valence electrons. The maximum absolute atomic E-state index is 12.4. The average Bonchev–Trinajstić information content (AvgIpc) is 3.07. The van der Waals surface area contributed by atoms with Crippen LogP contribution in [0.5, 0.6) is 0 Å². The molecule has 3 aromatic rings. The SMILES string of the molecule is O=c1c2c(nc3cc(-c4cccs4)[nH]n13)CCOC2. The second-order valence-corrected chi connectivity index (χ2v) is 5.43. The minimum Gasteiger partial charge on any atom is -0.376 e. The van der Waals surface area contributed by atoms with E-state index in [1.807, 2.05) is 23.6 Å². The Balaban J connectivity index is 1.99. The van der Waals surface area contributed by atoms with Crippen molar-refractivity contribution in [1.29, 1.82) is 0 Å². The molecular formula is C13H11N3O2S. The highest BCUT2D eigenvalue weighted by Gasteiger charge is 2.18. The summed E-state index contributed by atoms with van der Waals surface area (Å²) in [5.74, 6) is 0. The van der Waals surface area contributed by atoms with Crippen LogP contribution in [-0.4, -0.2) is 21.2 Å². The number of nitrogens with zero attached hydrogens (tertiary/aromatic N) is 2. The van der Waals surface area contributed by atoms with Gasteiger partial charge in [-0.25, -0.2) is 9.50 Å². The van der Waals surface area contributed by atoms with Gasteiger partial charge in [0.25, 0.3) is 5.56 Å². The Morgan fingerprint density at radius 2 is 2.42 bits per heavy atom. The van der Waals surface area contributed by atoms with Crippen LogP contribution in [0.3, 0.4) is 0 Å². The van der Waals surface area contributed by atoms with Crippen LogP contribution < -0.4 is 5.56 Å². The van der Waals surface area contributed by atoms with Gasteiger partial charge in [-0.1, -0.05) is 6.07 Å². The van der Waals surface area contributed by atoms with E-state index in [0.717, 1.165) is 16.3 Å². The molecule has 0 saturated heterocycles. The maximum Gasteiger partial charge on any atom is 0.278 e. The van der Waals surface area contributed by atoms with Gasteiger partial charge < -0.3 is 4.74 Å². The fourth-order valence-electron chi connectivity index (χ4n) is 2.36. The number of aromatic amines is 1. The molecule has 5 nitrogen and oxygen atoms in total. The summed E-state index contributed by atoms with van der Waals surface area (Å²) in [7, 11) is 0. The lowest BCUT2D eigenvalue weighted by Crippen LogP contribution is -2.26. The Kier molecular flexibility index (Phi) is 2.33. The van der Waals surface area contributed by atoms with Gasteiger partial charge in [-0.15, -0.1) is 11.3 Å². The zero-order chi connectivity index (χ0) is 12.8. The molecule has 0 unspecified atom stereocenters. The molecule has 1 aliphatic heterocycles. The number of hydrogen-bond acceptors (Lipinski definition) is 4. The summed E-state index contributed by atoms with van der Waals surface area (Å²) in [5, 5.41) is 5.12. The normalized spacial score (nSPS) is 14.7. The maximum atomic E-state index is 12.4. The van der Waals surface area contributed by atoms with Gasteiger partial charge in [-0.2, -0.15) is 0 Å². The standard InChI is InChI=1S/C13H11N3O2S/c17-13-8-7-18-4-3-9(8)14-12-6-10(15-16(12)13)11-2-1-5-19-11/h1-2,5-6,15H,3-4,7H2. The van der Waals surface area contributed by atoms with Crippen molar-refractivity contribution in [1.82, 2.24) is 14.6 Å². The summed E-state index contributed by atoms with van der Waals surface area (Å²) in [6.45, 7) is 0.995. The lowest BCUT2D eigenvalue weighted by atomic mass is 10.1. The molecule has 6 heteroatoms. The summed E-state index contributed by atoms with van der Waals surface area (Å²) in [5.41, 5.74) is 3.08. The first-order valence-electron chi connectivity index (χ1n) is 6.08. The molecular weight excluding hydrogens is 262 g/mol. The van der Waals surface area contributed by atoms with Crippen molar-refractivity contribution >= 4 is 17.0 Å². The van der Waals surface area contributed by atoms with Gasteiger partial charge in [0.2, 0.25) is 0 Å². The molecule has 0 fully saturated rings. The topological polar surface area (TPSA) is 59.4 Å². The van der Waals surface area contributed by atoms with E-state index >= 15 is 0 Å². The van der Waals surface area contributed by atoms with Gasteiger partial charge in [0, 0.05) is 12.5 Å². The Morgan fingerprint density at radius 3 is 3.26 bits per heavy atom. The van der Waals surface area contributed by atoms with Crippen molar-refractivity contribution < 1.29 is 4.74 Å². The molecule has 0 atom stereocenters. The minimum atomic E-state index is -0.0532. The molecule has 0 aliphatic carbocycles. The third kappa shape index (κ3) is 1.64. The highest BCUT2D eigenvalue weighted by atomic mass is 32.1. The monoisotopic (exact) mass is 273 g/mol. The van der Waals surface area contributed by atoms with Crippen LogP contribution in [0.15, 0.2) is 28.4 Å². The Morgan fingerprint density at radius 1 is 1.47 bits per heavy atom. The van der Waals surface area contributed by atoms with E-state index in [4.69, 9.17) is 4.74 Å². The summed E-state index contributed by atoms with van der Waals surface area (Å²) >= 11 is 1.63. The average molecular weight is 273 g/mol. The molecule has 0 aromatic carbocycles. The van der Waals surface area contributed by atoms with Crippen molar-refractivity contribution in [3.05, 3.63) is 45.2 Å². The first kappa shape index (κ1) is 11.0. The molecule has 1 N–H and O–H groups in total. The summed E-state index contributed by atoms with van der Waals surface area (Å²) in [4.78, 5) is 18.0. The van der Waals surface area contributed by atoms with Gasteiger partial charge in [0.15, 0.2) is 5.65 Å². The zero-order valence-electron chi connectivity index (χ0n) is 10.0. The predicted molar refractivity (Wildman–Crippen MR) is 72.5 cm³/mol. The van der Waals surface area contributed by atoms with Gasteiger partial charge >= 0.3 is 0 Å². The van der Waals surface area contributed by atoms with Crippen molar-refractivity contribution in [2.75, 3.05) is 6.61 Å². The Labute approximate surface area is 112 Å². The zero-order valence-corrected chi connectivity index (χ0v) is 10.9. The number of ether oxygens (including phenoxy) is 1. The van der Waals surface area contributed by atoms with Crippen LogP contribution in [0, 0.1) is 0 Å². The molecule has 0 spiro atoms. The molecule has 0 radical (unpaired) electrons. The third-order valence-corrected chi connectivity index (χ3v) is 4.21. The first-order valence-corrected chi connectivity index (χ1v) is 6.96. The number of aromatic nitrogens is 3. The van der Waals surface area contributed by atoms with Crippen LogP contribution in [-0.2, 0) is 17.8 Å². The molecule has 4 heterocycles. The van der Waals surface area contributed by atoms with Crippen LogP contribution in [0.1, 0.15) is 11.3 Å². The van der Waals surface area contributed by atoms with E-state index in [-0.39, 0.29) is 5.56 Å².